The standard InChI is InChI=1S/C16H21N5O/c22-16(18-9-7-13-6-8-17-10-13)15-12-21(20-19-15)11-14-4-2-1-3-5-14/h1-5,12-13,17H,6-11H2,(H,18,22). The summed E-state index contributed by atoms with van der Waals surface area (Å²) in [4.78, 5) is 12.0. The van der Waals surface area contributed by atoms with Gasteiger partial charge in [0.05, 0.1) is 12.7 Å². The fourth-order valence-electron chi connectivity index (χ4n) is 2.69. The van der Waals surface area contributed by atoms with E-state index in [1.54, 1.807) is 10.9 Å². The number of hydrogen-bond acceptors (Lipinski definition) is 4. The molecule has 1 aromatic heterocycles. The van der Waals surface area contributed by atoms with E-state index in [1.165, 1.54) is 6.42 Å². The van der Waals surface area contributed by atoms with Crippen LogP contribution in [0.4, 0.5) is 0 Å². The van der Waals surface area contributed by atoms with Crippen molar-refractivity contribution in [1.29, 1.82) is 0 Å². The average molecular weight is 299 g/mol. The van der Waals surface area contributed by atoms with Crippen LogP contribution in [0.25, 0.3) is 0 Å². The first-order valence-electron chi connectivity index (χ1n) is 7.74. The molecule has 22 heavy (non-hydrogen) atoms. The van der Waals surface area contributed by atoms with Crippen LogP contribution in [0.5, 0.6) is 0 Å². The van der Waals surface area contributed by atoms with Crippen molar-refractivity contribution in [3.8, 4) is 0 Å². The molecule has 1 aromatic carbocycles. The molecule has 3 rings (SSSR count). The average Bonchev–Trinajstić information content (AvgIpc) is 3.20. The smallest absolute Gasteiger partial charge is 0.273 e. The van der Waals surface area contributed by atoms with Gasteiger partial charge < -0.3 is 10.6 Å². The van der Waals surface area contributed by atoms with E-state index in [4.69, 9.17) is 0 Å². The van der Waals surface area contributed by atoms with Gasteiger partial charge in [0.2, 0.25) is 0 Å². The van der Waals surface area contributed by atoms with Gasteiger partial charge in [-0.25, -0.2) is 4.68 Å². The van der Waals surface area contributed by atoms with E-state index in [0.29, 0.717) is 24.7 Å². The van der Waals surface area contributed by atoms with Crippen molar-refractivity contribution in [2.75, 3.05) is 19.6 Å². The van der Waals surface area contributed by atoms with Crippen molar-refractivity contribution in [1.82, 2.24) is 25.6 Å². The number of carbonyl (C=O) groups is 1. The maximum Gasteiger partial charge on any atom is 0.273 e. The van der Waals surface area contributed by atoms with Gasteiger partial charge in [0, 0.05) is 6.54 Å². The van der Waals surface area contributed by atoms with Gasteiger partial charge in [0.1, 0.15) is 0 Å². The minimum absolute atomic E-state index is 0.148. The summed E-state index contributed by atoms with van der Waals surface area (Å²) in [6.07, 6.45) is 3.90. The number of benzene rings is 1. The largest absolute Gasteiger partial charge is 0.351 e. The second-order valence-electron chi connectivity index (χ2n) is 5.69. The van der Waals surface area contributed by atoms with Crippen LogP contribution in [-0.4, -0.2) is 40.5 Å². The van der Waals surface area contributed by atoms with E-state index in [9.17, 15) is 4.79 Å². The van der Waals surface area contributed by atoms with Gasteiger partial charge in [0.25, 0.3) is 5.91 Å². The van der Waals surface area contributed by atoms with Gasteiger partial charge in [-0.15, -0.1) is 5.10 Å². The monoisotopic (exact) mass is 299 g/mol. The molecule has 0 radical (unpaired) electrons. The third-order valence-corrected chi connectivity index (χ3v) is 3.96. The summed E-state index contributed by atoms with van der Waals surface area (Å²) < 4.78 is 1.69. The molecule has 2 aromatic rings. The highest BCUT2D eigenvalue weighted by atomic mass is 16.2. The molecule has 0 saturated carbocycles. The Morgan fingerprint density at radius 2 is 2.23 bits per heavy atom. The Morgan fingerprint density at radius 1 is 1.36 bits per heavy atom. The fourth-order valence-corrected chi connectivity index (χ4v) is 2.69. The highest BCUT2D eigenvalue weighted by Crippen LogP contribution is 2.10. The zero-order valence-electron chi connectivity index (χ0n) is 12.5. The molecule has 6 heteroatoms. The molecule has 0 spiro atoms. The molecule has 1 unspecified atom stereocenters. The quantitative estimate of drug-likeness (QED) is 0.836. The van der Waals surface area contributed by atoms with Crippen LogP contribution >= 0.6 is 0 Å². The molecule has 1 fully saturated rings. The van der Waals surface area contributed by atoms with Crippen molar-refractivity contribution in [3.05, 3.63) is 47.8 Å². The molecule has 0 aliphatic carbocycles. The van der Waals surface area contributed by atoms with Crippen LogP contribution in [0, 0.1) is 5.92 Å². The van der Waals surface area contributed by atoms with E-state index < -0.39 is 0 Å². The van der Waals surface area contributed by atoms with E-state index >= 15 is 0 Å². The normalized spacial score (nSPS) is 17.5. The lowest BCUT2D eigenvalue weighted by Gasteiger charge is -2.08. The SMILES string of the molecule is O=C(NCCC1CCNC1)c1cn(Cc2ccccc2)nn1. The van der Waals surface area contributed by atoms with Gasteiger partial charge >= 0.3 is 0 Å². The fraction of sp³-hybridized carbons (Fsp3) is 0.438. The van der Waals surface area contributed by atoms with E-state index in [-0.39, 0.29) is 5.91 Å². The van der Waals surface area contributed by atoms with Crippen molar-refractivity contribution in [2.24, 2.45) is 5.92 Å². The zero-order chi connectivity index (χ0) is 15.2. The number of amides is 1. The minimum Gasteiger partial charge on any atom is -0.351 e. The van der Waals surface area contributed by atoms with Gasteiger partial charge in [-0.3, -0.25) is 4.79 Å². The van der Waals surface area contributed by atoms with Crippen LogP contribution < -0.4 is 10.6 Å². The number of nitrogens with one attached hydrogen (secondary N) is 2. The summed E-state index contributed by atoms with van der Waals surface area (Å²) in [6, 6.07) is 9.99. The number of carbonyl (C=O) groups excluding carboxylic acids is 1. The lowest BCUT2D eigenvalue weighted by Crippen LogP contribution is -2.26. The van der Waals surface area contributed by atoms with Crippen LogP contribution in [0.3, 0.4) is 0 Å². The molecule has 6 nitrogen and oxygen atoms in total. The highest BCUT2D eigenvalue weighted by molar-refractivity contribution is 5.91. The van der Waals surface area contributed by atoms with Crippen LogP contribution in [0.2, 0.25) is 0 Å². The Labute approximate surface area is 129 Å². The molecule has 2 heterocycles. The first-order chi connectivity index (χ1) is 10.8. The Morgan fingerprint density at radius 3 is 3.00 bits per heavy atom. The third-order valence-electron chi connectivity index (χ3n) is 3.96. The summed E-state index contributed by atoms with van der Waals surface area (Å²) in [5.41, 5.74) is 1.51. The molecule has 1 amide bonds. The van der Waals surface area contributed by atoms with Crippen molar-refractivity contribution in [3.63, 3.8) is 0 Å². The van der Waals surface area contributed by atoms with Gasteiger partial charge in [-0.2, -0.15) is 0 Å². The molecular formula is C16H21N5O. The number of nitrogens with zero attached hydrogens (tertiary/aromatic N) is 3. The summed E-state index contributed by atoms with van der Waals surface area (Å²) >= 11 is 0. The second-order valence-corrected chi connectivity index (χ2v) is 5.69. The Bertz CT molecular complexity index is 604. The number of rotatable bonds is 6. The summed E-state index contributed by atoms with van der Waals surface area (Å²) in [5, 5.41) is 14.2. The molecule has 0 bridgehead atoms. The maximum atomic E-state index is 12.0. The van der Waals surface area contributed by atoms with E-state index in [0.717, 1.165) is 25.1 Å². The Balaban J connectivity index is 1.48. The van der Waals surface area contributed by atoms with Crippen molar-refractivity contribution < 1.29 is 4.79 Å². The lowest BCUT2D eigenvalue weighted by atomic mass is 10.1. The second kappa shape index (κ2) is 7.17. The topological polar surface area (TPSA) is 71.8 Å². The number of hydrogen-bond donors (Lipinski definition) is 2. The molecule has 116 valence electrons. The first kappa shape index (κ1) is 14.7. The lowest BCUT2D eigenvalue weighted by molar-refractivity contribution is 0.0946. The highest BCUT2D eigenvalue weighted by Gasteiger charge is 2.15. The maximum absolute atomic E-state index is 12.0. The van der Waals surface area contributed by atoms with Crippen LogP contribution in [0.1, 0.15) is 28.9 Å². The predicted molar refractivity (Wildman–Crippen MR) is 83.5 cm³/mol. The molecular weight excluding hydrogens is 278 g/mol. The van der Waals surface area contributed by atoms with E-state index in [2.05, 4.69) is 20.9 Å². The zero-order valence-corrected chi connectivity index (χ0v) is 12.5. The van der Waals surface area contributed by atoms with E-state index in [1.807, 2.05) is 30.3 Å². The molecule has 1 aliphatic rings. The Hall–Kier alpha value is -2.21. The van der Waals surface area contributed by atoms with Crippen LogP contribution in [0.15, 0.2) is 36.5 Å². The molecule has 1 aliphatic heterocycles. The number of aromatic nitrogens is 3. The summed E-state index contributed by atoms with van der Waals surface area (Å²) in [6.45, 7) is 3.46. The van der Waals surface area contributed by atoms with Crippen molar-refractivity contribution in [2.45, 2.75) is 19.4 Å². The summed E-state index contributed by atoms with van der Waals surface area (Å²) in [5.74, 6) is 0.527. The van der Waals surface area contributed by atoms with Crippen molar-refractivity contribution >= 4 is 5.91 Å². The van der Waals surface area contributed by atoms with Crippen LogP contribution in [-0.2, 0) is 6.54 Å². The third kappa shape index (κ3) is 3.92. The van der Waals surface area contributed by atoms with Gasteiger partial charge in [0.15, 0.2) is 5.69 Å². The molecule has 1 atom stereocenters. The Kier molecular flexibility index (Phi) is 4.80. The summed E-state index contributed by atoms with van der Waals surface area (Å²) in [7, 11) is 0. The minimum atomic E-state index is -0.148. The molecule has 2 N–H and O–H groups in total. The predicted octanol–water partition coefficient (Wildman–Crippen LogP) is 1.06. The molecule has 1 saturated heterocycles. The first-order valence-corrected chi connectivity index (χ1v) is 7.74. The van der Waals surface area contributed by atoms with Gasteiger partial charge in [-0.05, 0) is 37.4 Å². The van der Waals surface area contributed by atoms with Gasteiger partial charge in [-0.1, -0.05) is 35.5 Å².